The third kappa shape index (κ3) is 3.32. The Bertz CT molecular complexity index is 1680. The van der Waals surface area contributed by atoms with Crippen LogP contribution in [0.1, 0.15) is 0 Å². The predicted molar refractivity (Wildman–Crippen MR) is 136 cm³/mol. The highest BCUT2D eigenvalue weighted by molar-refractivity contribution is 6.00. The summed E-state index contributed by atoms with van der Waals surface area (Å²) in [7, 11) is 0. The van der Waals surface area contributed by atoms with E-state index in [0.29, 0.717) is 0 Å². The van der Waals surface area contributed by atoms with E-state index in [4.69, 9.17) is 10.7 Å². The highest BCUT2D eigenvalue weighted by Gasteiger charge is 2.24. The zero-order chi connectivity index (χ0) is 23.4. The van der Waals surface area contributed by atoms with E-state index < -0.39 is 0 Å². The number of fused-ring (bicyclic) bond motifs is 2. The molecule has 5 aromatic heterocycles. The van der Waals surface area contributed by atoms with E-state index in [2.05, 4.69) is 47.2 Å². The molecule has 1 aromatic carbocycles. The van der Waals surface area contributed by atoms with Crippen molar-refractivity contribution in [2.45, 2.75) is 6.04 Å². The smallest absolute Gasteiger partial charge is 0.147 e. The fourth-order valence-corrected chi connectivity index (χ4v) is 4.65. The van der Waals surface area contributed by atoms with Crippen LogP contribution in [-0.4, -0.2) is 54.2 Å². The lowest BCUT2D eigenvalue weighted by Gasteiger charge is -2.37. The number of H-pyrrole nitrogens is 2. The molecule has 0 amide bonds. The Morgan fingerprint density at radius 3 is 2.71 bits per heavy atom. The minimum atomic E-state index is 0.203. The quantitative estimate of drug-likeness (QED) is 0.366. The first-order valence-corrected chi connectivity index (χ1v) is 11.4. The summed E-state index contributed by atoms with van der Waals surface area (Å²) in [6, 6.07) is 14.5. The van der Waals surface area contributed by atoms with Gasteiger partial charge in [0.15, 0.2) is 0 Å². The molecule has 0 aliphatic carbocycles. The number of benzene rings is 1. The van der Waals surface area contributed by atoms with Crippen molar-refractivity contribution in [3.63, 3.8) is 0 Å². The average Bonchev–Trinajstić information content (AvgIpc) is 3.51. The Labute approximate surface area is 200 Å². The molecule has 6 heterocycles. The van der Waals surface area contributed by atoms with E-state index in [1.165, 1.54) is 0 Å². The number of nitrogens with one attached hydrogen (secondary N) is 2. The number of anilines is 1. The number of hydrogen-bond acceptors (Lipinski definition) is 7. The molecule has 6 aromatic rings. The van der Waals surface area contributed by atoms with Crippen LogP contribution in [0.3, 0.4) is 0 Å². The molecule has 1 saturated heterocycles. The molecule has 0 bridgehead atoms. The van der Waals surface area contributed by atoms with Gasteiger partial charge in [0.2, 0.25) is 0 Å². The van der Waals surface area contributed by atoms with Crippen molar-refractivity contribution in [1.29, 1.82) is 0 Å². The van der Waals surface area contributed by atoms with Crippen LogP contribution >= 0.6 is 0 Å². The minimum Gasteiger partial charge on any atom is -0.352 e. The second-order valence-corrected chi connectivity index (χ2v) is 8.81. The summed E-state index contributed by atoms with van der Waals surface area (Å²) in [6.07, 6.45) is 9.02. The van der Waals surface area contributed by atoms with Crippen LogP contribution in [0.2, 0.25) is 0 Å². The van der Waals surface area contributed by atoms with Gasteiger partial charge in [-0.05, 0) is 35.9 Å². The van der Waals surface area contributed by atoms with Gasteiger partial charge >= 0.3 is 0 Å². The second kappa shape index (κ2) is 7.71. The molecule has 1 aliphatic rings. The van der Waals surface area contributed by atoms with Crippen LogP contribution in [-0.2, 0) is 0 Å². The molecule has 35 heavy (non-hydrogen) atoms. The van der Waals surface area contributed by atoms with Crippen LogP contribution in [0.4, 0.5) is 5.82 Å². The largest absolute Gasteiger partial charge is 0.352 e. The first kappa shape index (κ1) is 19.8. The van der Waals surface area contributed by atoms with Gasteiger partial charge in [0, 0.05) is 59.6 Å². The van der Waals surface area contributed by atoms with Crippen LogP contribution < -0.4 is 10.6 Å². The predicted octanol–water partition coefficient (Wildman–Crippen LogP) is 3.77. The van der Waals surface area contributed by atoms with E-state index >= 15 is 0 Å². The molecule has 9 nitrogen and oxygen atoms in total. The molecule has 0 spiro atoms. The number of aromatic nitrogens is 7. The third-order valence-corrected chi connectivity index (χ3v) is 6.47. The van der Waals surface area contributed by atoms with Crippen molar-refractivity contribution >= 4 is 27.8 Å². The molecule has 0 unspecified atom stereocenters. The van der Waals surface area contributed by atoms with Crippen molar-refractivity contribution < 1.29 is 0 Å². The summed E-state index contributed by atoms with van der Waals surface area (Å²) < 4.78 is 0. The van der Waals surface area contributed by atoms with Crippen molar-refractivity contribution in [1.82, 2.24) is 35.1 Å². The Hall–Kier alpha value is -4.63. The normalized spacial score (nSPS) is 14.0. The van der Waals surface area contributed by atoms with Gasteiger partial charge in [0.25, 0.3) is 0 Å². The highest BCUT2D eigenvalue weighted by Crippen LogP contribution is 2.34. The molecule has 4 N–H and O–H groups in total. The maximum absolute atomic E-state index is 5.94. The molecule has 7 rings (SSSR count). The minimum absolute atomic E-state index is 0.203. The summed E-state index contributed by atoms with van der Waals surface area (Å²) in [5, 5.41) is 9.79. The van der Waals surface area contributed by atoms with Crippen molar-refractivity contribution in [3.05, 3.63) is 73.4 Å². The SMILES string of the molecule is NC1CN(c2cncc(-c3ccc4[nH]nc(-c5cc6c(-c7cccnc7)ccnc6[nH]5)c4c3)n2)C1. The Kier molecular flexibility index (Phi) is 4.36. The fraction of sp³-hybridized carbons (Fsp3) is 0.115. The molecular formula is C26H21N9. The number of nitrogens with two attached hydrogens (primary N) is 1. The van der Waals surface area contributed by atoms with Crippen LogP contribution in [0.5, 0.6) is 0 Å². The maximum atomic E-state index is 5.94. The number of nitrogens with zero attached hydrogens (tertiary/aromatic N) is 6. The van der Waals surface area contributed by atoms with Gasteiger partial charge in [-0.3, -0.25) is 15.1 Å². The topological polar surface area (TPSA) is 125 Å². The molecule has 1 aliphatic heterocycles. The van der Waals surface area contributed by atoms with E-state index in [1.807, 2.05) is 42.7 Å². The Morgan fingerprint density at radius 1 is 0.914 bits per heavy atom. The van der Waals surface area contributed by atoms with Crippen LogP contribution in [0.15, 0.2) is 73.4 Å². The lowest BCUT2D eigenvalue weighted by molar-refractivity contribution is 0.514. The van der Waals surface area contributed by atoms with Gasteiger partial charge in [0.1, 0.15) is 17.2 Å². The molecular weight excluding hydrogens is 438 g/mol. The summed E-state index contributed by atoms with van der Waals surface area (Å²) >= 11 is 0. The maximum Gasteiger partial charge on any atom is 0.147 e. The molecule has 0 saturated carbocycles. The third-order valence-electron chi connectivity index (χ3n) is 6.47. The number of pyridine rings is 2. The first-order valence-electron chi connectivity index (χ1n) is 11.4. The summed E-state index contributed by atoms with van der Waals surface area (Å²) in [5.41, 5.74) is 13.3. The van der Waals surface area contributed by atoms with E-state index in [9.17, 15) is 0 Å². The lowest BCUT2D eigenvalue weighted by Crippen LogP contribution is -2.56. The molecule has 0 atom stereocenters. The average molecular weight is 460 g/mol. The number of hydrogen-bond donors (Lipinski definition) is 3. The van der Waals surface area contributed by atoms with Crippen molar-refractivity contribution in [2.75, 3.05) is 18.0 Å². The zero-order valence-corrected chi connectivity index (χ0v) is 18.7. The van der Waals surface area contributed by atoms with E-state index in [1.54, 1.807) is 18.6 Å². The number of rotatable bonds is 4. The van der Waals surface area contributed by atoms with Crippen molar-refractivity contribution in [2.24, 2.45) is 5.73 Å². The van der Waals surface area contributed by atoms with Gasteiger partial charge in [-0.15, -0.1) is 0 Å². The highest BCUT2D eigenvalue weighted by atomic mass is 15.3. The first-order chi connectivity index (χ1) is 17.2. The number of aromatic amines is 2. The molecule has 0 radical (unpaired) electrons. The summed E-state index contributed by atoms with van der Waals surface area (Å²) in [5.74, 6) is 0.848. The fourth-order valence-electron chi connectivity index (χ4n) is 4.65. The monoisotopic (exact) mass is 459 g/mol. The van der Waals surface area contributed by atoms with Gasteiger partial charge < -0.3 is 15.6 Å². The summed E-state index contributed by atoms with van der Waals surface area (Å²) in [4.78, 5) is 23.6. The Balaban J connectivity index is 1.31. The lowest BCUT2D eigenvalue weighted by atomic mass is 10.0. The zero-order valence-electron chi connectivity index (χ0n) is 18.7. The van der Waals surface area contributed by atoms with Gasteiger partial charge in [-0.1, -0.05) is 12.1 Å². The van der Waals surface area contributed by atoms with Crippen LogP contribution in [0.25, 0.3) is 55.7 Å². The van der Waals surface area contributed by atoms with Gasteiger partial charge in [-0.25, -0.2) is 9.97 Å². The van der Waals surface area contributed by atoms with Gasteiger partial charge in [-0.2, -0.15) is 5.10 Å². The second-order valence-electron chi connectivity index (χ2n) is 8.81. The molecule has 1 fully saturated rings. The molecule has 170 valence electrons. The van der Waals surface area contributed by atoms with Crippen molar-refractivity contribution in [3.8, 4) is 33.8 Å². The van der Waals surface area contributed by atoms with Crippen LogP contribution in [0, 0.1) is 0 Å². The Morgan fingerprint density at radius 2 is 1.86 bits per heavy atom. The van der Waals surface area contributed by atoms with E-state index in [-0.39, 0.29) is 6.04 Å². The van der Waals surface area contributed by atoms with Gasteiger partial charge in [0.05, 0.1) is 29.3 Å². The molecule has 9 heteroatoms. The standard InChI is InChI=1S/C26H21N9/c27-17-13-35(14-17)24-12-29-11-23(31-24)15-3-4-21-20(8-15)25(34-33-21)22-9-19-18(5-7-30-26(19)32-22)16-2-1-6-28-10-16/h1-12,17H,13-14,27H2,(H,30,32)(H,33,34). The summed E-state index contributed by atoms with van der Waals surface area (Å²) in [6.45, 7) is 1.61. The van der Waals surface area contributed by atoms with E-state index in [0.717, 1.165) is 74.6 Å².